The van der Waals surface area contributed by atoms with Crippen LogP contribution in [-0.2, 0) is 14.3 Å². The average Bonchev–Trinajstić information content (AvgIpc) is 2.19. The molecule has 6 heteroatoms. The second-order valence-corrected chi connectivity index (χ2v) is 5.87. The summed E-state index contributed by atoms with van der Waals surface area (Å²) < 4.78 is 5.05. The number of carbonyl (C=O) groups excluding carboxylic acids is 3. The molecule has 2 unspecified atom stereocenters. The lowest BCUT2D eigenvalue weighted by atomic mass is 9.95. The fourth-order valence-corrected chi connectivity index (χ4v) is 1.87. The van der Waals surface area contributed by atoms with Crippen LogP contribution in [0.4, 0.5) is 4.79 Å². The summed E-state index contributed by atoms with van der Waals surface area (Å²) in [7, 11) is 1.58. The third-order valence-corrected chi connectivity index (χ3v) is 2.94. The number of hydrogen-bond donors (Lipinski definition) is 0. The molecule has 6 nitrogen and oxygen atoms in total. The molecule has 18 heavy (non-hydrogen) atoms. The monoisotopic (exact) mass is 257 g/mol. The topological polar surface area (TPSA) is 83.5 Å². The van der Waals surface area contributed by atoms with Gasteiger partial charge in [-0.25, -0.2) is 4.48 Å². The highest BCUT2D eigenvalue weighted by atomic mass is 16.6. The van der Waals surface area contributed by atoms with Crippen molar-refractivity contribution >= 4 is 17.8 Å². The highest BCUT2D eigenvalue weighted by Crippen LogP contribution is 2.22. The van der Waals surface area contributed by atoms with Crippen LogP contribution in [0.25, 0.3) is 0 Å². The Hall–Kier alpha value is -1.43. The predicted molar refractivity (Wildman–Crippen MR) is 60.3 cm³/mol. The SMILES string of the molecule is CC(C)(C)OC(=O)[N+]1(C)CCC(=O)C(C(=O)[O-])C1. The van der Waals surface area contributed by atoms with E-state index in [1.54, 1.807) is 27.8 Å². The largest absolute Gasteiger partial charge is 0.549 e. The first-order chi connectivity index (χ1) is 8.05. The van der Waals surface area contributed by atoms with E-state index in [1.165, 1.54) is 0 Å². The van der Waals surface area contributed by atoms with Crippen LogP contribution in [0.2, 0.25) is 0 Å². The van der Waals surface area contributed by atoms with Crippen LogP contribution in [0.5, 0.6) is 0 Å². The lowest BCUT2D eigenvalue weighted by Gasteiger charge is -2.38. The van der Waals surface area contributed by atoms with E-state index < -0.39 is 23.6 Å². The summed E-state index contributed by atoms with van der Waals surface area (Å²) in [6, 6.07) is 0. The van der Waals surface area contributed by atoms with Gasteiger partial charge >= 0.3 is 6.09 Å². The number of carbonyl (C=O) groups is 3. The number of amides is 1. The number of aliphatic carboxylic acids is 1. The molecule has 1 aliphatic rings. The standard InChI is InChI=1S/C12H19NO5/c1-12(2,3)18-11(17)13(4)6-5-9(14)8(7-13)10(15)16/h8H,5-7H2,1-4H3. The zero-order valence-electron chi connectivity index (χ0n) is 11.2. The van der Waals surface area contributed by atoms with Gasteiger partial charge in [0.05, 0.1) is 26.0 Å². The van der Waals surface area contributed by atoms with Gasteiger partial charge in [-0.1, -0.05) is 0 Å². The molecule has 1 rings (SSSR count). The molecular weight excluding hydrogens is 238 g/mol. The summed E-state index contributed by atoms with van der Waals surface area (Å²) >= 11 is 0. The maximum atomic E-state index is 12.0. The summed E-state index contributed by atoms with van der Waals surface area (Å²) in [5.74, 6) is -3.03. The first-order valence-corrected chi connectivity index (χ1v) is 5.87. The maximum absolute atomic E-state index is 12.0. The number of quaternary nitrogens is 1. The first kappa shape index (κ1) is 14.6. The molecule has 0 bridgehead atoms. The van der Waals surface area contributed by atoms with Gasteiger partial charge in [0, 0.05) is 0 Å². The number of piperidine rings is 1. The Balaban J connectivity index is 2.84. The third kappa shape index (κ3) is 3.29. The van der Waals surface area contributed by atoms with Crippen molar-refractivity contribution in [2.45, 2.75) is 32.8 Å². The van der Waals surface area contributed by atoms with Crippen LogP contribution in [0.15, 0.2) is 0 Å². The van der Waals surface area contributed by atoms with Gasteiger partial charge in [-0.05, 0) is 20.8 Å². The van der Waals surface area contributed by atoms with E-state index in [4.69, 9.17) is 4.74 Å². The fourth-order valence-electron chi connectivity index (χ4n) is 1.87. The van der Waals surface area contributed by atoms with Crippen molar-refractivity contribution in [3.05, 3.63) is 0 Å². The van der Waals surface area contributed by atoms with Crippen LogP contribution in [0, 0.1) is 5.92 Å². The number of nitrogens with zero attached hydrogens (tertiary/aromatic N) is 1. The molecule has 1 heterocycles. The lowest BCUT2D eigenvalue weighted by molar-refractivity contribution is -0.842. The minimum atomic E-state index is -1.42. The number of likely N-dealkylation sites (tertiary alicyclic amines) is 1. The molecule has 1 saturated heterocycles. The molecule has 0 saturated carbocycles. The molecule has 102 valence electrons. The van der Waals surface area contributed by atoms with Crippen molar-refractivity contribution < 1.29 is 28.7 Å². The van der Waals surface area contributed by atoms with E-state index in [2.05, 4.69) is 0 Å². The molecule has 0 radical (unpaired) electrons. The van der Waals surface area contributed by atoms with Gasteiger partial charge in [0.15, 0.2) is 5.78 Å². The zero-order chi connectivity index (χ0) is 14.1. The Morgan fingerprint density at radius 1 is 1.39 bits per heavy atom. The number of Topliss-reactive ketones (excluding diaryl/α,β-unsaturated/α-hetero) is 1. The molecule has 2 atom stereocenters. The van der Waals surface area contributed by atoms with E-state index in [1.807, 2.05) is 0 Å². The van der Waals surface area contributed by atoms with E-state index in [9.17, 15) is 19.5 Å². The number of ether oxygens (including phenoxy) is 1. The van der Waals surface area contributed by atoms with Crippen LogP contribution in [0.1, 0.15) is 27.2 Å². The quantitative estimate of drug-likeness (QED) is 0.476. The van der Waals surface area contributed by atoms with E-state index in [0.29, 0.717) is 0 Å². The molecule has 0 aliphatic carbocycles. The highest BCUT2D eigenvalue weighted by Gasteiger charge is 2.45. The number of hydrogen-bond acceptors (Lipinski definition) is 5. The number of rotatable bonds is 1. The van der Waals surface area contributed by atoms with E-state index >= 15 is 0 Å². The molecule has 1 fully saturated rings. The molecule has 1 aliphatic heterocycles. The molecular formula is C12H19NO5. The zero-order valence-corrected chi connectivity index (χ0v) is 11.2. The van der Waals surface area contributed by atoms with Crippen molar-refractivity contribution in [1.29, 1.82) is 0 Å². The predicted octanol–water partition coefficient (Wildman–Crippen LogP) is -0.293. The second kappa shape index (κ2) is 4.68. The smallest absolute Gasteiger partial charge is 0.516 e. The van der Waals surface area contributed by atoms with Crippen molar-refractivity contribution in [3.63, 3.8) is 0 Å². The van der Waals surface area contributed by atoms with E-state index in [-0.39, 0.29) is 29.8 Å². The average molecular weight is 257 g/mol. The van der Waals surface area contributed by atoms with E-state index in [0.717, 1.165) is 0 Å². The number of carboxylic acid groups (broad SMARTS) is 1. The van der Waals surface area contributed by atoms with Crippen molar-refractivity contribution in [2.24, 2.45) is 5.92 Å². The molecule has 0 spiro atoms. The van der Waals surface area contributed by atoms with Gasteiger partial charge in [0.1, 0.15) is 18.1 Å². The second-order valence-electron chi connectivity index (χ2n) is 5.87. The minimum absolute atomic E-state index is 0.0500. The lowest BCUT2D eigenvalue weighted by Crippen LogP contribution is -2.61. The van der Waals surface area contributed by atoms with Gasteiger partial charge in [-0.15, -0.1) is 0 Å². The Kier molecular flexibility index (Phi) is 3.81. The first-order valence-electron chi connectivity index (χ1n) is 5.87. The molecule has 0 aromatic rings. The molecule has 0 aromatic carbocycles. The Morgan fingerprint density at radius 2 is 1.94 bits per heavy atom. The van der Waals surface area contributed by atoms with Crippen LogP contribution < -0.4 is 5.11 Å². The maximum Gasteiger partial charge on any atom is 0.516 e. The third-order valence-electron chi connectivity index (χ3n) is 2.94. The molecule has 1 amide bonds. The van der Waals surface area contributed by atoms with Crippen LogP contribution in [0.3, 0.4) is 0 Å². The van der Waals surface area contributed by atoms with Gasteiger partial charge in [-0.3, -0.25) is 4.79 Å². The molecule has 0 aromatic heterocycles. The Bertz CT molecular complexity index is 384. The van der Waals surface area contributed by atoms with Gasteiger partial charge in [0.25, 0.3) is 0 Å². The Morgan fingerprint density at radius 3 is 2.39 bits per heavy atom. The Labute approximate surface area is 106 Å². The summed E-state index contributed by atoms with van der Waals surface area (Å²) in [5, 5.41) is 10.9. The van der Waals surface area contributed by atoms with Gasteiger partial charge in [-0.2, -0.15) is 4.79 Å². The highest BCUT2D eigenvalue weighted by molar-refractivity contribution is 5.98. The minimum Gasteiger partial charge on any atom is -0.549 e. The summed E-state index contributed by atoms with van der Waals surface area (Å²) in [6.45, 7) is 5.38. The normalized spacial score (nSPS) is 28.9. The number of ketones is 1. The summed E-state index contributed by atoms with van der Waals surface area (Å²) in [5.41, 5.74) is -0.642. The van der Waals surface area contributed by atoms with Gasteiger partial charge in [0.2, 0.25) is 0 Å². The molecule has 0 N–H and O–H groups in total. The van der Waals surface area contributed by atoms with Crippen molar-refractivity contribution in [1.82, 2.24) is 0 Å². The fraction of sp³-hybridized carbons (Fsp3) is 0.750. The van der Waals surface area contributed by atoms with Crippen molar-refractivity contribution in [3.8, 4) is 0 Å². The summed E-state index contributed by atoms with van der Waals surface area (Å²) in [6.07, 6.45) is -0.463. The van der Waals surface area contributed by atoms with Crippen molar-refractivity contribution in [2.75, 3.05) is 20.1 Å². The van der Waals surface area contributed by atoms with Crippen LogP contribution in [-0.4, -0.2) is 48.1 Å². The number of carboxylic acids is 1. The van der Waals surface area contributed by atoms with Crippen LogP contribution >= 0.6 is 0 Å². The van der Waals surface area contributed by atoms with Gasteiger partial charge < -0.3 is 14.6 Å². The summed E-state index contributed by atoms with van der Waals surface area (Å²) in [4.78, 5) is 34.4.